The normalized spacial score (nSPS) is 16.9. The van der Waals surface area contributed by atoms with Gasteiger partial charge < -0.3 is 15.0 Å². The lowest BCUT2D eigenvalue weighted by Crippen LogP contribution is -2.43. The molecule has 2 heterocycles. The Morgan fingerprint density at radius 3 is 2.76 bits per heavy atom. The molecule has 1 fully saturated rings. The topological polar surface area (TPSA) is 71.5 Å². The largest absolute Gasteiger partial charge is 0.434 e. The van der Waals surface area contributed by atoms with Crippen molar-refractivity contribution in [2.45, 2.75) is 39.2 Å². The maximum absolute atomic E-state index is 12.9. The number of piperidine rings is 1. The van der Waals surface area contributed by atoms with Crippen LogP contribution in [0.25, 0.3) is 0 Å². The zero-order valence-corrected chi connectivity index (χ0v) is 17.0. The van der Waals surface area contributed by atoms with Gasteiger partial charge in [-0.15, -0.1) is 11.3 Å². The minimum absolute atomic E-state index is 0.0651. The number of hydrogen-bond acceptors (Lipinski definition) is 5. The second-order valence-electron chi connectivity index (χ2n) is 7.19. The van der Waals surface area contributed by atoms with Gasteiger partial charge in [-0.25, -0.2) is 4.98 Å². The van der Waals surface area contributed by atoms with Crippen molar-refractivity contribution >= 4 is 28.3 Å². The molecule has 156 valence electrons. The number of thiazole rings is 1. The number of para-hydroxylation sites is 1. The van der Waals surface area contributed by atoms with Crippen LogP contribution in [0, 0.1) is 5.92 Å². The quantitative estimate of drug-likeness (QED) is 0.750. The van der Waals surface area contributed by atoms with Gasteiger partial charge in [0, 0.05) is 18.5 Å². The van der Waals surface area contributed by atoms with Crippen molar-refractivity contribution in [2.24, 2.45) is 5.92 Å². The van der Waals surface area contributed by atoms with Crippen LogP contribution in [0.1, 0.15) is 48.7 Å². The van der Waals surface area contributed by atoms with Gasteiger partial charge in [0.05, 0.1) is 17.2 Å². The Labute approximate surface area is 171 Å². The molecule has 2 aromatic rings. The summed E-state index contributed by atoms with van der Waals surface area (Å²) >= 11 is 1.37. The molecule has 3 rings (SSSR count). The lowest BCUT2D eigenvalue weighted by molar-refractivity contribution is -0.121. The molecular formula is C20H23F2N3O3S. The predicted molar refractivity (Wildman–Crippen MR) is 107 cm³/mol. The highest BCUT2D eigenvalue weighted by Gasteiger charge is 2.30. The summed E-state index contributed by atoms with van der Waals surface area (Å²) in [7, 11) is 0. The molecule has 0 aliphatic carbocycles. The fraction of sp³-hybridized carbons (Fsp3) is 0.450. The molecule has 29 heavy (non-hydrogen) atoms. The van der Waals surface area contributed by atoms with Gasteiger partial charge in [0.25, 0.3) is 5.91 Å². The maximum atomic E-state index is 12.9. The average molecular weight is 423 g/mol. The van der Waals surface area contributed by atoms with Gasteiger partial charge in [-0.1, -0.05) is 26.0 Å². The fourth-order valence-corrected chi connectivity index (χ4v) is 4.08. The number of carbonyl (C=O) groups is 2. The first-order chi connectivity index (χ1) is 13.8. The summed E-state index contributed by atoms with van der Waals surface area (Å²) in [6.07, 6.45) is 1.30. The number of nitrogens with zero attached hydrogens (tertiary/aromatic N) is 2. The highest BCUT2D eigenvalue weighted by Crippen LogP contribution is 2.27. The van der Waals surface area contributed by atoms with Crippen LogP contribution in [0.15, 0.2) is 29.6 Å². The lowest BCUT2D eigenvalue weighted by Gasteiger charge is -2.32. The fourth-order valence-electron chi connectivity index (χ4n) is 3.20. The van der Waals surface area contributed by atoms with E-state index in [9.17, 15) is 18.4 Å². The Hall–Kier alpha value is -2.55. The van der Waals surface area contributed by atoms with Gasteiger partial charge in [0.2, 0.25) is 5.91 Å². The molecule has 0 spiro atoms. The van der Waals surface area contributed by atoms with Crippen LogP contribution in [0.2, 0.25) is 0 Å². The minimum atomic E-state index is -3.02. The molecule has 1 aromatic heterocycles. The van der Waals surface area contributed by atoms with Gasteiger partial charge in [-0.05, 0) is 30.9 Å². The van der Waals surface area contributed by atoms with Crippen LogP contribution in [-0.2, 0) is 4.79 Å². The van der Waals surface area contributed by atoms with Crippen molar-refractivity contribution in [3.8, 4) is 5.75 Å². The summed E-state index contributed by atoms with van der Waals surface area (Å²) in [6, 6.07) is 5.91. The zero-order chi connectivity index (χ0) is 21.0. The SMILES string of the molecule is CC(C)c1csc(NC(=O)[C@H]2CCCN(C(=O)c3ccccc3OC(F)F)C2)n1. The van der Waals surface area contributed by atoms with Crippen LogP contribution in [-0.4, -0.2) is 41.4 Å². The van der Waals surface area contributed by atoms with Crippen molar-refractivity contribution in [3.63, 3.8) is 0 Å². The van der Waals surface area contributed by atoms with Crippen LogP contribution in [0.4, 0.5) is 13.9 Å². The van der Waals surface area contributed by atoms with E-state index in [0.29, 0.717) is 24.5 Å². The summed E-state index contributed by atoms with van der Waals surface area (Å²) in [5.41, 5.74) is 0.983. The second kappa shape index (κ2) is 9.30. The number of hydrogen-bond donors (Lipinski definition) is 1. The van der Waals surface area contributed by atoms with E-state index in [1.54, 1.807) is 6.07 Å². The van der Waals surface area contributed by atoms with E-state index in [-0.39, 0.29) is 35.6 Å². The molecule has 0 unspecified atom stereocenters. The lowest BCUT2D eigenvalue weighted by atomic mass is 9.96. The average Bonchev–Trinajstić information content (AvgIpc) is 3.16. The zero-order valence-electron chi connectivity index (χ0n) is 16.2. The van der Waals surface area contributed by atoms with Crippen molar-refractivity contribution in [1.82, 2.24) is 9.88 Å². The molecule has 9 heteroatoms. The Morgan fingerprint density at radius 2 is 2.07 bits per heavy atom. The molecule has 1 aliphatic heterocycles. The van der Waals surface area contributed by atoms with E-state index in [1.807, 2.05) is 19.2 Å². The number of benzene rings is 1. The first-order valence-electron chi connectivity index (χ1n) is 9.44. The third-order valence-corrected chi connectivity index (χ3v) is 5.53. The van der Waals surface area contributed by atoms with Crippen LogP contribution >= 0.6 is 11.3 Å². The number of aromatic nitrogens is 1. The molecule has 1 aromatic carbocycles. The third-order valence-electron chi connectivity index (χ3n) is 4.76. The number of nitrogens with one attached hydrogen (secondary N) is 1. The van der Waals surface area contributed by atoms with E-state index in [4.69, 9.17) is 0 Å². The van der Waals surface area contributed by atoms with Crippen LogP contribution < -0.4 is 10.1 Å². The molecule has 0 bridgehead atoms. The summed E-state index contributed by atoms with van der Waals surface area (Å²) in [6.45, 7) is 1.72. The van der Waals surface area contributed by atoms with E-state index in [1.165, 1.54) is 34.4 Å². The predicted octanol–water partition coefficient (Wildman–Crippen LogP) is 4.36. The molecule has 2 amide bonds. The van der Waals surface area contributed by atoms with Gasteiger partial charge in [0.15, 0.2) is 5.13 Å². The Bertz CT molecular complexity index is 872. The second-order valence-corrected chi connectivity index (χ2v) is 8.04. The monoisotopic (exact) mass is 423 g/mol. The number of likely N-dealkylation sites (tertiary alicyclic amines) is 1. The number of carbonyl (C=O) groups excluding carboxylic acids is 2. The van der Waals surface area contributed by atoms with Crippen LogP contribution in [0.3, 0.4) is 0 Å². The Morgan fingerprint density at radius 1 is 1.31 bits per heavy atom. The number of anilines is 1. The number of amides is 2. The van der Waals surface area contributed by atoms with Crippen LogP contribution in [0.5, 0.6) is 5.75 Å². The molecule has 0 saturated carbocycles. The van der Waals surface area contributed by atoms with Gasteiger partial charge in [-0.3, -0.25) is 9.59 Å². The summed E-state index contributed by atoms with van der Waals surface area (Å²) < 4.78 is 29.7. The molecule has 0 radical (unpaired) electrons. The summed E-state index contributed by atoms with van der Waals surface area (Å²) in [4.78, 5) is 31.4. The Kier molecular flexibility index (Phi) is 6.79. The van der Waals surface area contributed by atoms with Crippen molar-refractivity contribution in [3.05, 3.63) is 40.9 Å². The highest BCUT2D eigenvalue weighted by atomic mass is 32.1. The van der Waals surface area contributed by atoms with Gasteiger partial charge >= 0.3 is 6.61 Å². The molecule has 6 nitrogen and oxygen atoms in total. The maximum Gasteiger partial charge on any atom is 0.387 e. The smallest absolute Gasteiger partial charge is 0.387 e. The van der Waals surface area contributed by atoms with E-state index < -0.39 is 12.5 Å². The third kappa shape index (κ3) is 5.29. The van der Waals surface area contributed by atoms with Gasteiger partial charge in [-0.2, -0.15) is 8.78 Å². The number of alkyl halides is 2. The molecule has 1 aliphatic rings. The standard InChI is InChI=1S/C20H23F2N3O3S/c1-12(2)15-11-29-20(23-15)24-17(26)13-6-5-9-25(10-13)18(27)14-7-3-4-8-16(14)28-19(21)22/h3-4,7-8,11-13,19H,5-6,9-10H2,1-2H3,(H,23,24,26)/t13-/m0/s1. The first kappa shape index (κ1) is 21.2. The molecule has 1 saturated heterocycles. The van der Waals surface area contributed by atoms with E-state index in [0.717, 1.165) is 5.69 Å². The number of halogens is 2. The van der Waals surface area contributed by atoms with Crippen molar-refractivity contribution in [1.29, 1.82) is 0 Å². The van der Waals surface area contributed by atoms with E-state index in [2.05, 4.69) is 15.0 Å². The van der Waals surface area contributed by atoms with Crippen molar-refractivity contribution < 1.29 is 23.1 Å². The molecule has 1 N–H and O–H groups in total. The van der Waals surface area contributed by atoms with Gasteiger partial charge in [0.1, 0.15) is 5.75 Å². The minimum Gasteiger partial charge on any atom is -0.434 e. The first-order valence-corrected chi connectivity index (χ1v) is 10.3. The molecular weight excluding hydrogens is 400 g/mol. The van der Waals surface area contributed by atoms with Crippen molar-refractivity contribution in [2.75, 3.05) is 18.4 Å². The number of ether oxygens (including phenoxy) is 1. The summed E-state index contributed by atoms with van der Waals surface area (Å²) in [5.74, 6) is -0.889. The van der Waals surface area contributed by atoms with E-state index >= 15 is 0 Å². The Balaban J connectivity index is 1.67. The number of rotatable bonds is 6. The molecule has 1 atom stereocenters. The summed E-state index contributed by atoms with van der Waals surface area (Å²) in [5, 5.41) is 5.28. The highest BCUT2D eigenvalue weighted by molar-refractivity contribution is 7.13.